The van der Waals surface area contributed by atoms with E-state index in [-0.39, 0.29) is 17.4 Å². The molecule has 0 aliphatic rings. The summed E-state index contributed by atoms with van der Waals surface area (Å²) in [4.78, 5) is 17.0. The molecule has 5 heteroatoms. The molecule has 0 aliphatic heterocycles. The molecular formula is C16H17FN2O2. The van der Waals surface area contributed by atoms with Gasteiger partial charge in [-0.3, -0.25) is 4.79 Å². The summed E-state index contributed by atoms with van der Waals surface area (Å²) in [5, 5.41) is 0. The Labute approximate surface area is 123 Å². The molecule has 1 aromatic carbocycles. The quantitative estimate of drug-likeness (QED) is 0.867. The van der Waals surface area contributed by atoms with Crippen molar-refractivity contribution < 1.29 is 13.9 Å². The topological polar surface area (TPSA) is 42.4 Å². The van der Waals surface area contributed by atoms with Gasteiger partial charge < -0.3 is 9.64 Å². The number of halogens is 1. The van der Waals surface area contributed by atoms with Gasteiger partial charge in [-0.2, -0.15) is 0 Å². The van der Waals surface area contributed by atoms with Crippen LogP contribution in [0.5, 0.6) is 11.6 Å². The van der Waals surface area contributed by atoms with Crippen molar-refractivity contribution in [2.24, 2.45) is 0 Å². The molecule has 0 spiro atoms. The predicted octanol–water partition coefficient (Wildman–Crippen LogP) is 3.28. The van der Waals surface area contributed by atoms with Crippen LogP contribution in [-0.4, -0.2) is 29.9 Å². The molecule has 1 heterocycles. The fourth-order valence-corrected chi connectivity index (χ4v) is 1.78. The van der Waals surface area contributed by atoms with E-state index in [0.29, 0.717) is 5.75 Å². The van der Waals surface area contributed by atoms with Crippen molar-refractivity contribution in [2.75, 3.05) is 14.1 Å². The lowest BCUT2D eigenvalue weighted by Gasteiger charge is -2.11. The van der Waals surface area contributed by atoms with Crippen LogP contribution < -0.4 is 4.74 Å². The van der Waals surface area contributed by atoms with Gasteiger partial charge in [0.15, 0.2) is 5.82 Å². The Morgan fingerprint density at radius 1 is 1.29 bits per heavy atom. The van der Waals surface area contributed by atoms with Crippen molar-refractivity contribution in [2.45, 2.75) is 13.3 Å². The highest BCUT2D eigenvalue weighted by atomic mass is 19.1. The van der Waals surface area contributed by atoms with Crippen molar-refractivity contribution in [3.8, 4) is 11.6 Å². The summed E-state index contributed by atoms with van der Waals surface area (Å²) in [6.45, 7) is 2.05. The minimum atomic E-state index is -0.665. The van der Waals surface area contributed by atoms with Crippen LogP contribution in [0.2, 0.25) is 0 Å². The number of aryl methyl sites for hydroxylation is 1. The van der Waals surface area contributed by atoms with Gasteiger partial charge in [-0.15, -0.1) is 0 Å². The van der Waals surface area contributed by atoms with Crippen LogP contribution in [0.1, 0.15) is 22.8 Å². The number of hydrogen-bond donors (Lipinski definition) is 0. The van der Waals surface area contributed by atoms with E-state index in [4.69, 9.17) is 4.74 Å². The number of aromatic nitrogens is 1. The van der Waals surface area contributed by atoms with E-state index in [1.54, 1.807) is 26.2 Å². The number of amides is 1. The largest absolute Gasteiger partial charge is 0.436 e. The summed E-state index contributed by atoms with van der Waals surface area (Å²) in [5.41, 5.74) is 1.36. The molecule has 1 aromatic heterocycles. The van der Waals surface area contributed by atoms with E-state index < -0.39 is 5.82 Å². The summed E-state index contributed by atoms with van der Waals surface area (Å²) in [6.07, 6.45) is 2.23. The van der Waals surface area contributed by atoms with Crippen LogP contribution in [0.3, 0.4) is 0 Å². The van der Waals surface area contributed by atoms with Crippen molar-refractivity contribution in [3.63, 3.8) is 0 Å². The average Bonchev–Trinajstić information content (AvgIpc) is 2.49. The summed E-state index contributed by atoms with van der Waals surface area (Å²) in [7, 11) is 3.19. The Kier molecular flexibility index (Phi) is 4.52. The van der Waals surface area contributed by atoms with Gasteiger partial charge in [0.05, 0.1) is 5.56 Å². The highest BCUT2D eigenvalue weighted by molar-refractivity contribution is 5.93. The summed E-state index contributed by atoms with van der Waals surface area (Å²) in [5.74, 6) is -0.609. The van der Waals surface area contributed by atoms with Gasteiger partial charge in [0.2, 0.25) is 0 Å². The second-order valence-corrected chi connectivity index (χ2v) is 4.81. The van der Waals surface area contributed by atoms with Crippen LogP contribution in [0, 0.1) is 5.82 Å². The van der Waals surface area contributed by atoms with Gasteiger partial charge in [-0.1, -0.05) is 19.1 Å². The second-order valence-electron chi connectivity index (χ2n) is 4.81. The van der Waals surface area contributed by atoms with Crippen molar-refractivity contribution in [1.82, 2.24) is 9.88 Å². The predicted molar refractivity (Wildman–Crippen MR) is 78.1 cm³/mol. The molecule has 0 bridgehead atoms. The van der Waals surface area contributed by atoms with Gasteiger partial charge in [0, 0.05) is 20.3 Å². The van der Waals surface area contributed by atoms with Crippen LogP contribution in [0.15, 0.2) is 36.5 Å². The Morgan fingerprint density at radius 2 is 1.95 bits per heavy atom. The summed E-state index contributed by atoms with van der Waals surface area (Å²) >= 11 is 0. The van der Waals surface area contributed by atoms with E-state index in [1.165, 1.54) is 16.7 Å². The lowest BCUT2D eigenvalue weighted by molar-refractivity contribution is 0.0826. The molecule has 0 N–H and O–H groups in total. The van der Waals surface area contributed by atoms with Crippen molar-refractivity contribution in [3.05, 3.63) is 53.5 Å². The van der Waals surface area contributed by atoms with Crippen LogP contribution in [-0.2, 0) is 6.42 Å². The smallest absolute Gasteiger partial charge is 0.255 e. The third-order valence-corrected chi connectivity index (χ3v) is 3.01. The maximum atomic E-state index is 13.9. The van der Waals surface area contributed by atoms with E-state index in [2.05, 4.69) is 11.9 Å². The molecule has 0 radical (unpaired) electrons. The lowest BCUT2D eigenvalue weighted by atomic mass is 10.2. The molecule has 0 saturated carbocycles. The summed E-state index contributed by atoms with van der Waals surface area (Å²) < 4.78 is 19.3. The zero-order valence-electron chi connectivity index (χ0n) is 12.3. The number of rotatable bonds is 4. The van der Waals surface area contributed by atoms with Gasteiger partial charge >= 0.3 is 0 Å². The molecule has 0 fully saturated rings. The van der Waals surface area contributed by atoms with Gasteiger partial charge in [0.1, 0.15) is 5.75 Å². The van der Waals surface area contributed by atoms with Gasteiger partial charge in [0.25, 0.3) is 11.8 Å². The standard InChI is InChI=1S/C16H17FN2O2/c1-4-11-5-7-13(8-6-11)21-15-14(17)9-12(10-18-15)16(20)19(2)3/h5-10H,4H2,1-3H3. The van der Waals surface area contributed by atoms with Crippen LogP contribution in [0.25, 0.3) is 0 Å². The molecule has 0 atom stereocenters. The number of benzene rings is 1. The number of ether oxygens (including phenoxy) is 1. The maximum Gasteiger partial charge on any atom is 0.255 e. The normalized spacial score (nSPS) is 10.3. The molecular weight excluding hydrogens is 271 g/mol. The van der Waals surface area contributed by atoms with E-state index in [0.717, 1.165) is 12.5 Å². The maximum absolute atomic E-state index is 13.9. The number of carbonyl (C=O) groups excluding carboxylic acids is 1. The SMILES string of the molecule is CCc1ccc(Oc2ncc(C(=O)N(C)C)cc2F)cc1. The Morgan fingerprint density at radius 3 is 2.48 bits per heavy atom. The van der Waals surface area contributed by atoms with Gasteiger partial charge in [-0.25, -0.2) is 9.37 Å². The molecule has 2 rings (SSSR count). The third kappa shape index (κ3) is 3.56. The van der Waals surface area contributed by atoms with Crippen molar-refractivity contribution >= 4 is 5.91 Å². The van der Waals surface area contributed by atoms with E-state index in [9.17, 15) is 9.18 Å². The highest BCUT2D eigenvalue weighted by Crippen LogP contribution is 2.23. The summed E-state index contributed by atoms with van der Waals surface area (Å²) in [6, 6.07) is 8.48. The molecule has 2 aromatic rings. The molecule has 1 amide bonds. The minimum absolute atomic E-state index is 0.144. The second kappa shape index (κ2) is 6.35. The van der Waals surface area contributed by atoms with Crippen LogP contribution in [0.4, 0.5) is 4.39 Å². The third-order valence-electron chi connectivity index (χ3n) is 3.01. The van der Waals surface area contributed by atoms with Gasteiger partial charge in [-0.05, 0) is 30.2 Å². The van der Waals surface area contributed by atoms with E-state index >= 15 is 0 Å². The first-order valence-corrected chi connectivity index (χ1v) is 6.65. The minimum Gasteiger partial charge on any atom is -0.436 e. The Balaban J connectivity index is 2.19. The first-order chi connectivity index (χ1) is 10.0. The Bertz CT molecular complexity index is 639. The number of nitrogens with zero attached hydrogens (tertiary/aromatic N) is 2. The molecule has 110 valence electrons. The monoisotopic (exact) mass is 288 g/mol. The fourth-order valence-electron chi connectivity index (χ4n) is 1.78. The zero-order chi connectivity index (χ0) is 15.4. The molecule has 0 aliphatic carbocycles. The number of pyridine rings is 1. The molecule has 0 saturated heterocycles. The number of carbonyl (C=O) groups is 1. The Hall–Kier alpha value is -2.43. The fraction of sp³-hybridized carbons (Fsp3) is 0.250. The molecule has 21 heavy (non-hydrogen) atoms. The average molecular weight is 288 g/mol. The van der Waals surface area contributed by atoms with Crippen LogP contribution >= 0.6 is 0 Å². The molecule has 0 unspecified atom stereocenters. The first-order valence-electron chi connectivity index (χ1n) is 6.65. The first kappa shape index (κ1) is 15.0. The lowest BCUT2D eigenvalue weighted by Crippen LogP contribution is -2.22. The van der Waals surface area contributed by atoms with E-state index in [1.807, 2.05) is 12.1 Å². The molecule has 4 nitrogen and oxygen atoms in total. The highest BCUT2D eigenvalue weighted by Gasteiger charge is 2.13. The zero-order valence-corrected chi connectivity index (χ0v) is 12.3. The number of hydrogen-bond acceptors (Lipinski definition) is 3. The van der Waals surface area contributed by atoms with Crippen molar-refractivity contribution in [1.29, 1.82) is 0 Å².